The molecule has 4 aromatic rings. The lowest BCUT2D eigenvalue weighted by Crippen LogP contribution is -2.24. The van der Waals surface area contributed by atoms with Gasteiger partial charge >= 0.3 is 0 Å². The first-order valence-corrected chi connectivity index (χ1v) is 9.85. The maximum absolute atomic E-state index is 10.4. The minimum absolute atomic E-state index is 0.279. The average Bonchev–Trinajstić information content (AvgIpc) is 3.35. The van der Waals surface area contributed by atoms with Crippen molar-refractivity contribution in [1.82, 2.24) is 29.9 Å². The zero-order chi connectivity index (χ0) is 19.8. The van der Waals surface area contributed by atoms with Crippen molar-refractivity contribution in [2.24, 2.45) is 0 Å². The minimum Gasteiger partial charge on any atom is -0.386 e. The van der Waals surface area contributed by atoms with Crippen LogP contribution in [0.3, 0.4) is 0 Å². The van der Waals surface area contributed by atoms with E-state index in [0.29, 0.717) is 22.1 Å². The molecule has 1 saturated carbocycles. The molecule has 5 rings (SSSR count). The van der Waals surface area contributed by atoms with Crippen LogP contribution in [-0.2, 0) is 4.74 Å². The molecule has 8 nitrogen and oxygen atoms in total. The van der Waals surface area contributed by atoms with Gasteiger partial charge in [-0.1, -0.05) is 11.6 Å². The largest absolute Gasteiger partial charge is 0.386 e. The number of nitrogens with one attached hydrogen (secondary N) is 1. The van der Waals surface area contributed by atoms with Crippen LogP contribution in [0.4, 0.5) is 0 Å². The molecule has 1 aliphatic rings. The Kier molecular flexibility index (Phi) is 4.75. The Morgan fingerprint density at radius 1 is 1.21 bits per heavy atom. The number of rotatable bonds is 6. The Morgan fingerprint density at radius 2 is 2.10 bits per heavy atom. The third-order valence-corrected chi connectivity index (χ3v) is 5.39. The first-order chi connectivity index (χ1) is 14.2. The van der Waals surface area contributed by atoms with Crippen LogP contribution in [0.5, 0.6) is 0 Å². The summed E-state index contributed by atoms with van der Waals surface area (Å²) in [5, 5.41) is 23.0. The van der Waals surface area contributed by atoms with E-state index in [9.17, 15) is 5.11 Å². The molecule has 148 valence electrons. The van der Waals surface area contributed by atoms with Crippen molar-refractivity contribution in [3.05, 3.63) is 53.6 Å². The third-order valence-electron chi connectivity index (χ3n) is 5.17. The van der Waals surface area contributed by atoms with E-state index in [-0.39, 0.29) is 12.7 Å². The highest BCUT2D eigenvalue weighted by atomic mass is 35.5. The van der Waals surface area contributed by atoms with E-state index in [1.807, 2.05) is 18.2 Å². The van der Waals surface area contributed by atoms with Gasteiger partial charge in [0.25, 0.3) is 0 Å². The van der Waals surface area contributed by atoms with E-state index in [1.54, 1.807) is 23.1 Å². The summed E-state index contributed by atoms with van der Waals surface area (Å²) in [6.45, 7) is 0.279. The highest BCUT2D eigenvalue weighted by molar-refractivity contribution is 6.31. The van der Waals surface area contributed by atoms with E-state index in [2.05, 4.69) is 25.3 Å². The summed E-state index contributed by atoms with van der Waals surface area (Å²) in [6, 6.07) is 7.42. The van der Waals surface area contributed by atoms with Gasteiger partial charge < -0.3 is 9.84 Å². The maximum atomic E-state index is 10.4. The van der Waals surface area contributed by atoms with E-state index < -0.39 is 6.10 Å². The lowest BCUT2D eigenvalue weighted by atomic mass is 9.96. The van der Waals surface area contributed by atoms with Crippen LogP contribution >= 0.6 is 11.6 Å². The third kappa shape index (κ3) is 3.62. The number of H-pyrrole nitrogens is 1. The molecular formula is C20H19ClN6O2. The van der Waals surface area contributed by atoms with Gasteiger partial charge in [-0.25, -0.2) is 14.6 Å². The van der Waals surface area contributed by atoms with Gasteiger partial charge in [0.05, 0.1) is 24.6 Å². The summed E-state index contributed by atoms with van der Waals surface area (Å²) < 4.78 is 7.43. The number of aliphatic hydroxyl groups excluding tert-OH is 1. The van der Waals surface area contributed by atoms with Gasteiger partial charge in [-0.3, -0.25) is 5.10 Å². The SMILES string of the molecule is O[C@H](COC1CCC1)c1cnc2c(cnn2-c2cc(Cl)cc(-c3ncn[nH]3)c2)c1. The number of pyridine rings is 1. The molecule has 2 N–H and O–H groups in total. The number of fused-ring (bicyclic) bond motifs is 1. The maximum Gasteiger partial charge on any atom is 0.162 e. The van der Waals surface area contributed by atoms with Crippen molar-refractivity contribution >= 4 is 22.6 Å². The van der Waals surface area contributed by atoms with Gasteiger partial charge in [-0.2, -0.15) is 10.2 Å². The minimum atomic E-state index is -0.708. The number of nitrogens with zero attached hydrogens (tertiary/aromatic N) is 5. The second kappa shape index (κ2) is 7.55. The van der Waals surface area contributed by atoms with E-state index in [1.165, 1.54) is 12.7 Å². The van der Waals surface area contributed by atoms with Crippen molar-refractivity contribution in [3.63, 3.8) is 0 Å². The van der Waals surface area contributed by atoms with Crippen molar-refractivity contribution in [3.8, 4) is 17.1 Å². The highest BCUT2D eigenvalue weighted by Crippen LogP contribution is 2.27. The quantitative estimate of drug-likeness (QED) is 0.504. The molecule has 1 fully saturated rings. The number of ether oxygens (including phenoxy) is 1. The zero-order valence-corrected chi connectivity index (χ0v) is 16.3. The fourth-order valence-electron chi connectivity index (χ4n) is 3.35. The van der Waals surface area contributed by atoms with Crippen molar-refractivity contribution < 1.29 is 9.84 Å². The lowest BCUT2D eigenvalue weighted by Gasteiger charge is -2.26. The number of halogens is 1. The van der Waals surface area contributed by atoms with Crippen LogP contribution in [0.2, 0.25) is 5.02 Å². The van der Waals surface area contributed by atoms with Crippen LogP contribution in [0.25, 0.3) is 28.1 Å². The van der Waals surface area contributed by atoms with E-state index in [4.69, 9.17) is 16.3 Å². The first kappa shape index (κ1) is 18.2. The molecule has 1 atom stereocenters. The second-order valence-electron chi connectivity index (χ2n) is 7.17. The summed E-state index contributed by atoms with van der Waals surface area (Å²) in [5.74, 6) is 0.620. The van der Waals surface area contributed by atoms with Crippen LogP contribution < -0.4 is 0 Å². The summed E-state index contributed by atoms with van der Waals surface area (Å²) in [7, 11) is 0. The molecule has 1 aromatic carbocycles. The van der Waals surface area contributed by atoms with Crippen molar-refractivity contribution in [2.75, 3.05) is 6.61 Å². The molecule has 0 unspecified atom stereocenters. The summed E-state index contributed by atoms with van der Waals surface area (Å²) in [5.41, 5.74) is 2.94. The molecule has 0 saturated heterocycles. The number of aromatic nitrogens is 6. The summed E-state index contributed by atoms with van der Waals surface area (Å²) >= 11 is 6.31. The molecule has 3 heterocycles. The van der Waals surface area contributed by atoms with Gasteiger partial charge in [-0.05, 0) is 43.5 Å². The standard InChI is InChI=1S/C20H19ClN6O2/c21-15-5-12(19-23-11-24-26-19)6-16(7-15)27-20-14(9-25-27)4-13(8-22-20)18(28)10-29-17-2-1-3-17/h4-9,11,17-18,28H,1-3,10H2,(H,23,24,26)/t18-/m1/s1. The Bertz CT molecular complexity index is 1140. The number of aromatic amines is 1. The van der Waals surface area contributed by atoms with Crippen LogP contribution in [0.15, 0.2) is 43.0 Å². The molecule has 1 aliphatic carbocycles. The number of aliphatic hydroxyl groups is 1. The Balaban J connectivity index is 1.44. The molecular weight excluding hydrogens is 392 g/mol. The molecule has 0 aliphatic heterocycles. The molecule has 9 heteroatoms. The fraction of sp³-hybridized carbons (Fsp3) is 0.300. The molecule has 0 amide bonds. The topological polar surface area (TPSA) is 102 Å². The van der Waals surface area contributed by atoms with Crippen molar-refractivity contribution in [2.45, 2.75) is 31.5 Å². The van der Waals surface area contributed by atoms with E-state index >= 15 is 0 Å². The van der Waals surface area contributed by atoms with Gasteiger partial charge in [0.15, 0.2) is 11.5 Å². The Labute approximate surface area is 171 Å². The number of benzene rings is 1. The first-order valence-electron chi connectivity index (χ1n) is 9.47. The van der Waals surface area contributed by atoms with Gasteiger partial charge in [0.2, 0.25) is 0 Å². The van der Waals surface area contributed by atoms with E-state index in [0.717, 1.165) is 29.5 Å². The van der Waals surface area contributed by atoms with Crippen LogP contribution in [0.1, 0.15) is 30.9 Å². The van der Waals surface area contributed by atoms with Gasteiger partial charge in [-0.15, -0.1) is 0 Å². The average molecular weight is 411 g/mol. The second-order valence-corrected chi connectivity index (χ2v) is 7.61. The monoisotopic (exact) mass is 410 g/mol. The summed E-state index contributed by atoms with van der Waals surface area (Å²) in [6.07, 6.45) is 7.76. The predicted molar refractivity (Wildman–Crippen MR) is 108 cm³/mol. The Hall–Kier alpha value is -2.81. The molecule has 29 heavy (non-hydrogen) atoms. The van der Waals surface area contributed by atoms with Gasteiger partial charge in [0.1, 0.15) is 12.4 Å². The molecule has 0 spiro atoms. The molecule has 0 radical (unpaired) electrons. The normalized spacial score (nSPS) is 15.5. The number of hydrogen-bond acceptors (Lipinski definition) is 6. The number of hydrogen-bond donors (Lipinski definition) is 2. The van der Waals surface area contributed by atoms with Crippen molar-refractivity contribution in [1.29, 1.82) is 0 Å². The predicted octanol–water partition coefficient (Wildman–Crippen LogP) is 3.46. The summed E-state index contributed by atoms with van der Waals surface area (Å²) in [4.78, 5) is 8.70. The highest BCUT2D eigenvalue weighted by Gasteiger charge is 2.20. The lowest BCUT2D eigenvalue weighted by molar-refractivity contribution is -0.0427. The smallest absolute Gasteiger partial charge is 0.162 e. The fourth-order valence-corrected chi connectivity index (χ4v) is 3.58. The van der Waals surface area contributed by atoms with Crippen LogP contribution in [0, 0.1) is 0 Å². The van der Waals surface area contributed by atoms with Crippen LogP contribution in [-0.4, -0.2) is 47.8 Å². The van der Waals surface area contributed by atoms with Gasteiger partial charge in [0, 0.05) is 27.7 Å². The Morgan fingerprint density at radius 3 is 2.86 bits per heavy atom. The zero-order valence-electron chi connectivity index (χ0n) is 15.5. The molecule has 3 aromatic heterocycles. The molecule has 0 bridgehead atoms.